The van der Waals surface area contributed by atoms with E-state index in [0.717, 1.165) is 0 Å². The molecular weight excluding hydrogens is 314 g/mol. The van der Waals surface area contributed by atoms with Crippen molar-refractivity contribution < 1.29 is 14.7 Å². The van der Waals surface area contributed by atoms with Crippen LogP contribution in [0, 0.1) is 6.92 Å². The Balaban J connectivity index is 1.88. The summed E-state index contributed by atoms with van der Waals surface area (Å²) in [5.41, 5.74) is 0.402. The molecule has 0 aliphatic carbocycles. The highest BCUT2D eigenvalue weighted by Crippen LogP contribution is 2.16. The minimum absolute atomic E-state index is 0.269. The second kappa shape index (κ2) is 6.20. The number of hydrogen-bond acceptors (Lipinski definition) is 7. The Morgan fingerprint density at radius 3 is 2.58 bits per heavy atom. The largest absolute Gasteiger partial charge is 0.476 e. The van der Waals surface area contributed by atoms with E-state index in [1.807, 2.05) is 0 Å². The van der Waals surface area contributed by atoms with Gasteiger partial charge in [-0.25, -0.2) is 14.8 Å². The van der Waals surface area contributed by atoms with Gasteiger partial charge in [-0.15, -0.1) is 5.10 Å². The van der Waals surface area contributed by atoms with E-state index < -0.39 is 17.6 Å². The summed E-state index contributed by atoms with van der Waals surface area (Å²) in [5, 5.41) is 22.9. The second-order valence-corrected chi connectivity index (χ2v) is 4.70. The normalized spacial score (nSPS) is 10.4. The van der Waals surface area contributed by atoms with Crippen LogP contribution in [0.25, 0.3) is 5.69 Å². The molecule has 1 amide bonds. The minimum Gasteiger partial charge on any atom is -0.476 e. The first-order valence-electron chi connectivity index (χ1n) is 6.77. The van der Waals surface area contributed by atoms with Gasteiger partial charge in [0.05, 0.1) is 5.69 Å². The Morgan fingerprint density at radius 2 is 1.92 bits per heavy atom. The number of benzene rings is 1. The van der Waals surface area contributed by atoms with Crippen molar-refractivity contribution in [3.8, 4) is 5.69 Å². The third-order valence-electron chi connectivity index (χ3n) is 3.09. The zero-order valence-corrected chi connectivity index (χ0v) is 12.4. The lowest BCUT2D eigenvalue weighted by atomic mass is 10.2. The van der Waals surface area contributed by atoms with Gasteiger partial charge in [0, 0.05) is 18.1 Å². The maximum atomic E-state index is 12.3. The Hall–Kier alpha value is -3.69. The molecule has 120 valence electrons. The van der Waals surface area contributed by atoms with Gasteiger partial charge in [0.1, 0.15) is 0 Å². The van der Waals surface area contributed by atoms with E-state index in [-0.39, 0.29) is 5.69 Å². The molecule has 0 bridgehead atoms. The van der Waals surface area contributed by atoms with E-state index in [9.17, 15) is 9.59 Å². The van der Waals surface area contributed by atoms with Gasteiger partial charge in [-0.05, 0) is 35.5 Å². The van der Waals surface area contributed by atoms with Crippen molar-refractivity contribution >= 4 is 17.6 Å². The number of aromatic carboxylic acids is 1. The molecule has 0 saturated heterocycles. The first-order chi connectivity index (χ1) is 11.6. The fraction of sp³-hybridized carbons (Fsp3) is 0.0714. The molecule has 0 aliphatic rings. The Labute approximate surface area is 135 Å². The van der Waals surface area contributed by atoms with Crippen LogP contribution in [0.4, 0.5) is 5.69 Å². The van der Waals surface area contributed by atoms with Crippen LogP contribution < -0.4 is 5.32 Å². The summed E-state index contributed by atoms with van der Waals surface area (Å²) in [6.45, 7) is 1.74. The quantitative estimate of drug-likeness (QED) is 0.715. The number of hydrogen-bond donors (Lipinski definition) is 2. The Kier molecular flexibility index (Phi) is 3.93. The maximum Gasteiger partial charge on any atom is 0.356 e. The van der Waals surface area contributed by atoms with Gasteiger partial charge in [-0.1, -0.05) is 6.07 Å². The van der Waals surface area contributed by atoms with Crippen LogP contribution in [-0.4, -0.2) is 47.2 Å². The predicted octanol–water partition coefficient (Wildman–Crippen LogP) is 0.711. The lowest BCUT2D eigenvalue weighted by molar-refractivity contribution is 0.0685. The highest BCUT2D eigenvalue weighted by atomic mass is 16.4. The standard InChI is InChI=1S/C14H11N7O3/c1-8-18-19-20-21(8)10-4-2-3-9(7-10)17-13(22)11-12(14(23)24)16-6-5-15-11/h2-7H,1H3,(H,17,22)(H,23,24). The molecule has 0 aliphatic heterocycles. The summed E-state index contributed by atoms with van der Waals surface area (Å²) in [5.74, 6) is -1.42. The highest BCUT2D eigenvalue weighted by Gasteiger charge is 2.19. The Bertz CT molecular complexity index is 922. The van der Waals surface area contributed by atoms with Crippen LogP contribution in [0.3, 0.4) is 0 Å². The number of aryl methyl sites for hydroxylation is 1. The second-order valence-electron chi connectivity index (χ2n) is 4.70. The van der Waals surface area contributed by atoms with Crippen molar-refractivity contribution in [3.05, 3.63) is 53.9 Å². The van der Waals surface area contributed by atoms with E-state index in [0.29, 0.717) is 17.2 Å². The summed E-state index contributed by atoms with van der Waals surface area (Å²) in [6, 6.07) is 6.78. The average Bonchev–Trinajstić information content (AvgIpc) is 3.01. The molecule has 2 N–H and O–H groups in total. The van der Waals surface area contributed by atoms with Gasteiger partial charge < -0.3 is 10.4 Å². The smallest absolute Gasteiger partial charge is 0.356 e. The number of nitrogens with zero attached hydrogens (tertiary/aromatic N) is 6. The average molecular weight is 325 g/mol. The summed E-state index contributed by atoms with van der Waals surface area (Å²) in [4.78, 5) is 30.8. The fourth-order valence-electron chi connectivity index (χ4n) is 2.04. The molecular formula is C14H11N7O3. The van der Waals surface area contributed by atoms with Crippen LogP contribution in [-0.2, 0) is 0 Å². The van der Waals surface area contributed by atoms with Crippen LogP contribution in [0.5, 0.6) is 0 Å². The van der Waals surface area contributed by atoms with Crippen molar-refractivity contribution in [1.29, 1.82) is 0 Å². The molecule has 3 aromatic rings. The molecule has 0 atom stereocenters. The molecule has 2 heterocycles. The third kappa shape index (κ3) is 2.92. The van der Waals surface area contributed by atoms with E-state index in [1.165, 1.54) is 17.1 Å². The summed E-state index contributed by atoms with van der Waals surface area (Å²) >= 11 is 0. The lowest BCUT2D eigenvalue weighted by Gasteiger charge is -2.08. The maximum absolute atomic E-state index is 12.3. The van der Waals surface area contributed by atoms with E-state index in [2.05, 4.69) is 30.8 Å². The van der Waals surface area contributed by atoms with Gasteiger partial charge in [-0.3, -0.25) is 4.79 Å². The van der Waals surface area contributed by atoms with Crippen molar-refractivity contribution in [1.82, 2.24) is 30.2 Å². The third-order valence-corrected chi connectivity index (χ3v) is 3.09. The van der Waals surface area contributed by atoms with E-state index in [4.69, 9.17) is 5.11 Å². The first kappa shape index (κ1) is 15.2. The van der Waals surface area contributed by atoms with Gasteiger partial charge in [0.25, 0.3) is 5.91 Å². The molecule has 1 aromatic carbocycles. The number of carboxylic acid groups (broad SMARTS) is 1. The van der Waals surface area contributed by atoms with Gasteiger partial charge in [-0.2, -0.15) is 4.68 Å². The Morgan fingerprint density at radius 1 is 1.17 bits per heavy atom. The predicted molar refractivity (Wildman–Crippen MR) is 80.8 cm³/mol. The summed E-state index contributed by atoms with van der Waals surface area (Å²) in [6.07, 6.45) is 2.46. The van der Waals surface area contributed by atoms with Gasteiger partial charge in [0.15, 0.2) is 17.2 Å². The highest BCUT2D eigenvalue weighted by molar-refractivity contribution is 6.08. The monoisotopic (exact) mass is 325 g/mol. The van der Waals surface area contributed by atoms with Crippen LogP contribution in [0.1, 0.15) is 26.8 Å². The van der Waals surface area contributed by atoms with E-state index in [1.54, 1.807) is 31.2 Å². The molecule has 0 unspecified atom stereocenters. The van der Waals surface area contributed by atoms with Crippen molar-refractivity contribution in [3.63, 3.8) is 0 Å². The van der Waals surface area contributed by atoms with Crippen molar-refractivity contribution in [2.75, 3.05) is 5.32 Å². The lowest BCUT2D eigenvalue weighted by Crippen LogP contribution is -2.19. The van der Waals surface area contributed by atoms with E-state index >= 15 is 0 Å². The summed E-state index contributed by atoms with van der Waals surface area (Å²) in [7, 11) is 0. The van der Waals surface area contributed by atoms with Crippen LogP contribution >= 0.6 is 0 Å². The van der Waals surface area contributed by atoms with Crippen molar-refractivity contribution in [2.45, 2.75) is 6.92 Å². The number of carbonyl (C=O) groups excluding carboxylic acids is 1. The van der Waals surface area contributed by atoms with Crippen LogP contribution in [0.2, 0.25) is 0 Å². The molecule has 0 radical (unpaired) electrons. The molecule has 0 spiro atoms. The molecule has 10 nitrogen and oxygen atoms in total. The zero-order valence-electron chi connectivity index (χ0n) is 12.4. The number of carbonyl (C=O) groups is 2. The fourth-order valence-corrected chi connectivity index (χ4v) is 2.04. The number of rotatable bonds is 4. The zero-order chi connectivity index (χ0) is 17.1. The molecule has 0 fully saturated rings. The number of tetrazole rings is 1. The molecule has 10 heteroatoms. The number of carboxylic acids is 1. The number of aromatic nitrogens is 6. The minimum atomic E-state index is -1.33. The SMILES string of the molecule is Cc1nnnn1-c1cccc(NC(=O)c2nccnc2C(=O)O)c1. The molecule has 2 aromatic heterocycles. The van der Waals surface area contributed by atoms with Crippen LogP contribution in [0.15, 0.2) is 36.7 Å². The molecule has 24 heavy (non-hydrogen) atoms. The summed E-state index contributed by atoms with van der Waals surface area (Å²) < 4.78 is 1.50. The first-order valence-corrected chi connectivity index (χ1v) is 6.77. The van der Waals surface area contributed by atoms with Gasteiger partial charge in [0.2, 0.25) is 0 Å². The number of nitrogens with one attached hydrogen (secondary N) is 1. The van der Waals surface area contributed by atoms with Crippen molar-refractivity contribution in [2.24, 2.45) is 0 Å². The number of amides is 1. The molecule has 0 saturated carbocycles. The number of anilines is 1. The topological polar surface area (TPSA) is 136 Å². The molecule has 3 rings (SSSR count). The van der Waals surface area contributed by atoms with Gasteiger partial charge >= 0.3 is 5.97 Å².